The molecule has 1 aliphatic heterocycles. The number of hydrogen-bond acceptors (Lipinski definition) is 4. The Hall–Kier alpha value is -0.870. The van der Waals surface area contributed by atoms with Gasteiger partial charge in [-0.1, -0.05) is 5.16 Å². The highest BCUT2D eigenvalue weighted by Crippen LogP contribution is 2.33. The molecule has 0 radical (unpaired) electrons. The largest absolute Gasteiger partial charge is 0.371 e. The Morgan fingerprint density at radius 2 is 2.06 bits per heavy atom. The number of ether oxygens (including phenoxy) is 1. The van der Waals surface area contributed by atoms with Gasteiger partial charge in [0.2, 0.25) is 0 Å². The van der Waals surface area contributed by atoms with Crippen LogP contribution in [-0.2, 0) is 4.74 Å². The smallest absolute Gasteiger partial charge is 0.137 e. The quantitative estimate of drug-likeness (QED) is 0.878. The third kappa shape index (κ3) is 2.93. The van der Waals surface area contributed by atoms with Crippen LogP contribution in [0.25, 0.3) is 0 Å². The van der Waals surface area contributed by atoms with Gasteiger partial charge in [-0.25, -0.2) is 0 Å². The molecule has 1 aromatic heterocycles. The summed E-state index contributed by atoms with van der Waals surface area (Å²) in [5.41, 5.74) is 2.12. The summed E-state index contributed by atoms with van der Waals surface area (Å²) in [6, 6.07) is 0. The maximum absolute atomic E-state index is 6.19. The lowest BCUT2D eigenvalue weighted by Gasteiger charge is -2.36. The molecule has 1 aliphatic rings. The van der Waals surface area contributed by atoms with Crippen molar-refractivity contribution in [2.24, 2.45) is 0 Å². The third-order valence-corrected chi connectivity index (χ3v) is 3.39. The molecule has 2 rings (SSSR count). The Balaban J connectivity index is 2.23. The Morgan fingerprint density at radius 3 is 2.61 bits per heavy atom. The first-order chi connectivity index (χ1) is 8.38. The van der Waals surface area contributed by atoms with Crippen LogP contribution in [0.4, 0.5) is 0 Å². The third-order valence-electron chi connectivity index (χ3n) is 3.39. The van der Waals surface area contributed by atoms with E-state index in [2.05, 4.69) is 31.2 Å². The number of nitrogens with one attached hydrogen (secondary N) is 1. The second kappa shape index (κ2) is 5.02. The van der Waals surface area contributed by atoms with Gasteiger partial charge in [-0.05, 0) is 47.6 Å². The zero-order chi connectivity index (χ0) is 13.3. The van der Waals surface area contributed by atoms with Gasteiger partial charge in [-0.15, -0.1) is 0 Å². The van der Waals surface area contributed by atoms with Gasteiger partial charge in [-0.2, -0.15) is 0 Å². The standard InChI is InChI=1S/C14H24N2O2/c1-9-13(10(2)18-16-9)11-6-7-15-8-12(11)17-14(3,4)5/h11-12,15H,6-8H2,1-5H3. The first-order valence-corrected chi connectivity index (χ1v) is 6.70. The normalized spacial score (nSPS) is 25.4. The maximum atomic E-state index is 6.19. The summed E-state index contributed by atoms with van der Waals surface area (Å²) < 4.78 is 11.5. The van der Waals surface area contributed by atoms with Gasteiger partial charge in [-0.3, -0.25) is 0 Å². The van der Waals surface area contributed by atoms with Gasteiger partial charge < -0.3 is 14.6 Å². The molecule has 2 unspecified atom stereocenters. The van der Waals surface area contributed by atoms with Crippen LogP contribution in [0.2, 0.25) is 0 Å². The zero-order valence-corrected chi connectivity index (χ0v) is 12.0. The van der Waals surface area contributed by atoms with Crippen LogP contribution >= 0.6 is 0 Å². The zero-order valence-electron chi connectivity index (χ0n) is 12.0. The average molecular weight is 252 g/mol. The highest BCUT2D eigenvalue weighted by atomic mass is 16.5. The summed E-state index contributed by atoms with van der Waals surface area (Å²) in [4.78, 5) is 0. The van der Waals surface area contributed by atoms with Crippen LogP contribution in [0, 0.1) is 13.8 Å². The van der Waals surface area contributed by atoms with Crippen molar-refractivity contribution in [2.75, 3.05) is 13.1 Å². The lowest BCUT2D eigenvalue weighted by molar-refractivity contribution is -0.0770. The summed E-state index contributed by atoms with van der Waals surface area (Å²) >= 11 is 0. The Morgan fingerprint density at radius 1 is 1.33 bits per heavy atom. The molecule has 4 heteroatoms. The molecule has 0 spiro atoms. The molecule has 2 heterocycles. The topological polar surface area (TPSA) is 47.3 Å². The molecule has 1 N–H and O–H groups in total. The minimum absolute atomic E-state index is 0.124. The highest BCUT2D eigenvalue weighted by Gasteiger charge is 2.33. The second-order valence-corrected chi connectivity index (χ2v) is 6.11. The molecule has 0 bridgehead atoms. The SMILES string of the molecule is Cc1noc(C)c1C1CCNCC1OC(C)(C)C. The van der Waals surface area contributed by atoms with E-state index in [-0.39, 0.29) is 11.7 Å². The van der Waals surface area contributed by atoms with Gasteiger partial charge in [0.25, 0.3) is 0 Å². The fourth-order valence-electron chi connectivity index (χ4n) is 2.76. The van der Waals surface area contributed by atoms with Gasteiger partial charge in [0.1, 0.15) is 5.76 Å². The monoisotopic (exact) mass is 252 g/mol. The summed E-state index contributed by atoms with van der Waals surface area (Å²) in [7, 11) is 0. The molecule has 18 heavy (non-hydrogen) atoms. The molecular formula is C14H24N2O2. The van der Waals surface area contributed by atoms with Crippen LogP contribution in [0.5, 0.6) is 0 Å². The fraction of sp³-hybridized carbons (Fsp3) is 0.786. The minimum atomic E-state index is -0.124. The average Bonchev–Trinajstić information content (AvgIpc) is 2.58. The van der Waals surface area contributed by atoms with Gasteiger partial charge >= 0.3 is 0 Å². The van der Waals surface area contributed by atoms with Crippen molar-refractivity contribution in [3.8, 4) is 0 Å². The molecule has 0 aromatic carbocycles. The van der Waals surface area contributed by atoms with E-state index in [9.17, 15) is 0 Å². The van der Waals surface area contributed by atoms with Crippen molar-refractivity contribution in [2.45, 2.75) is 58.7 Å². The molecule has 0 amide bonds. The Bertz CT molecular complexity index is 387. The second-order valence-electron chi connectivity index (χ2n) is 6.11. The molecule has 1 aromatic rings. The number of rotatable bonds is 2. The van der Waals surface area contributed by atoms with Crippen LogP contribution in [0.15, 0.2) is 4.52 Å². The van der Waals surface area contributed by atoms with E-state index < -0.39 is 0 Å². The highest BCUT2D eigenvalue weighted by molar-refractivity contribution is 5.27. The lowest BCUT2D eigenvalue weighted by Crippen LogP contribution is -2.44. The van der Waals surface area contributed by atoms with Gasteiger partial charge in [0.15, 0.2) is 0 Å². The maximum Gasteiger partial charge on any atom is 0.137 e. The Kier molecular flexibility index (Phi) is 3.78. The van der Waals surface area contributed by atoms with E-state index in [1.165, 1.54) is 5.56 Å². The molecule has 102 valence electrons. The number of hydrogen-bond donors (Lipinski definition) is 1. The van der Waals surface area contributed by atoms with Crippen molar-refractivity contribution >= 4 is 0 Å². The predicted octanol–water partition coefficient (Wildman–Crippen LogP) is 2.55. The number of aromatic nitrogens is 1. The summed E-state index contributed by atoms with van der Waals surface area (Å²) in [6.07, 6.45) is 1.26. The van der Waals surface area contributed by atoms with E-state index in [0.717, 1.165) is 31.0 Å². The van der Waals surface area contributed by atoms with Crippen LogP contribution in [-0.4, -0.2) is 30.0 Å². The van der Waals surface area contributed by atoms with Crippen molar-refractivity contribution in [3.05, 3.63) is 17.0 Å². The number of piperidine rings is 1. The number of aryl methyl sites for hydroxylation is 2. The summed E-state index contributed by atoms with van der Waals surface area (Å²) in [5, 5.41) is 7.48. The van der Waals surface area contributed by atoms with E-state index in [4.69, 9.17) is 9.26 Å². The molecule has 1 saturated heterocycles. The lowest BCUT2D eigenvalue weighted by atomic mass is 9.86. The van der Waals surface area contributed by atoms with Crippen LogP contribution in [0.3, 0.4) is 0 Å². The molecule has 0 aliphatic carbocycles. The number of nitrogens with zero attached hydrogens (tertiary/aromatic N) is 1. The van der Waals surface area contributed by atoms with Crippen molar-refractivity contribution in [1.82, 2.24) is 10.5 Å². The van der Waals surface area contributed by atoms with Gasteiger partial charge in [0.05, 0.1) is 17.4 Å². The van der Waals surface area contributed by atoms with E-state index in [1.54, 1.807) is 0 Å². The van der Waals surface area contributed by atoms with E-state index >= 15 is 0 Å². The molecule has 0 saturated carbocycles. The summed E-state index contributed by atoms with van der Waals surface area (Å²) in [5.74, 6) is 1.32. The van der Waals surface area contributed by atoms with Crippen molar-refractivity contribution < 1.29 is 9.26 Å². The van der Waals surface area contributed by atoms with E-state index in [1.807, 2.05) is 13.8 Å². The Labute approximate surface area is 109 Å². The summed E-state index contributed by atoms with van der Waals surface area (Å²) in [6.45, 7) is 12.2. The minimum Gasteiger partial charge on any atom is -0.371 e. The first kappa shape index (κ1) is 13.6. The fourth-order valence-corrected chi connectivity index (χ4v) is 2.76. The van der Waals surface area contributed by atoms with Crippen molar-refractivity contribution in [3.63, 3.8) is 0 Å². The molecular weight excluding hydrogens is 228 g/mol. The molecule has 1 fully saturated rings. The van der Waals surface area contributed by atoms with Crippen LogP contribution < -0.4 is 5.32 Å². The predicted molar refractivity (Wildman–Crippen MR) is 70.8 cm³/mol. The van der Waals surface area contributed by atoms with Gasteiger partial charge in [0, 0.05) is 18.0 Å². The van der Waals surface area contributed by atoms with Crippen LogP contribution in [0.1, 0.15) is 50.1 Å². The molecule has 2 atom stereocenters. The molecule has 4 nitrogen and oxygen atoms in total. The van der Waals surface area contributed by atoms with Crippen molar-refractivity contribution in [1.29, 1.82) is 0 Å². The van der Waals surface area contributed by atoms with E-state index in [0.29, 0.717) is 5.92 Å². The first-order valence-electron chi connectivity index (χ1n) is 6.70.